The molecule has 1 heterocycles. The summed E-state index contributed by atoms with van der Waals surface area (Å²) in [5.74, 6) is -0.591. The number of hydrogen-bond acceptors (Lipinski definition) is 6. The van der Waals surface area contributed by atoms with Crippen LogP contribution in [0.1, 0.15) is 21.6 Å². The molecule has 0 aliphatic rings. The smallest absolute Gasteiger partial charge is 0.261 e. The molecular formula is C20H19FN4O3S. The number of amides is 1. The molecule has 1 unspecified atom stereocenters. The number of ether oxygens (including phenoxy) is 1. The highest BCUT2D eigenvalue weighted by molar-refractivity contribution is 7.91. The van der Waals surface area contributed by atoms with Gasteiger partial charge in [0.25, 0.3) is 11.8 Å². The minimum absolute atomic E-state index is 0.0289. The van der Waals surface area contributed by atoms with Gasteiger partial charge in [-0.3, -0.25) is 4.79 Å². The molecule has 150 valence electrons. The van der Waals surface area contributed by atoms with Crippen molar-refractivity contribution in [1.29, 1.82) is 4.78 Å². The Balaban J connectivity index is 1.92. The standard InChI is InChI=1S/C20H19FN4O3S/c1-12-9-14(21)7-8-18(12)28-20-17(10-13(2)24-25-20)19(26)23-15-5-4-6-16(11-15)29(3,22)27/h4-11,22H,1-3H3,(H,23,26). The van der Waals surface area contributed by atoms with E-state index in [1.165, 1.54) is 36.6 Å². The van der Waals surface area contributed by atoms with Gasteiger partial charge in [-0.15, -0.1) is 5.10 Å². The van der Waals surface area contributed by atoms with Crippen molar-refractivity contribution < 1.29 is 18.1 Å². The van der Waals surface area contributed by atoms with E-state index in [9.17, 15) is 13.4 Å². The molecule has 29 heavy (non-hydrogen) atoms. The molecule has 0 bridgehead atoms. The third-order valence-corrected chi connectivity index (χ3v) is 5.17. The molecule has 0 radical (unpaired) electrons. The van der Waals surface area contributed by atoms with E-state index in [1.807, 2.05) is 0 Å². The third kappa shape index (κ3) is 4.94. The number of aryl methyl sites for hydroxylation is 2. The highest BCUT2D eigenvalue weighted by Crippen LogP contribution is 2.27. The van der Waals surface area contributed by atoms with Gasteiger partial charge in [-0.05, 0) is 61.9 Å². The molecule has 1 amide bonds. The molecule has 0 aliphatic carbocycles. The van der Waals surface area contributed by atoms with E-state index < -0.39 is 21.5 Å². The summed E-state index contributed by atoms with van der Waals surface area (Å²) in [6.45, 7) is 3.36. The summed E-state index contributed by atoms with van der Waals surface area (Å²) in [6, 6.07) is 11.8. The zero-order valence-corrected chi connectivity index (χ0v) is 16.8. The topological polar surface area (TPSA) is 105 Å². The van der Waals surface area contributed by atoms with Gasteiger partial charge in [0.15, 0.2) is 0 Å². The Morgan fingerprint density at radius 3 is 2.59 bits per heavy atom. The number of hydrogen-bond donors (Lipinski definition) is 2. The highest BCUT2D eigenvalue weighted by Gasteiger charge is 2.18. The van der Waals surface area contributed by atoms with Crippen molar-refractivity contribution in [3.8, 4) is 11.6 Å². The monoisotopic (exact) mass is 414 g/mol. The first-order valence-corrected chi connectivity index (χ1v) is 10.5. The van der Waals surface area contributed by atoms with Gasteiger partial charge in [0.1, 0.15) is 17.1 Å². The minimum Gasteiger partial charge on any atom is -0.437 e. The molecule has 1 aromatic heterocycles. The second kappa shape index (κ2) is 7.96. The van der Waals surface area contributed by atoms with Gasteiger partial charge in [-0.1, -0.05) is 6.07 Å². The van der Waals surface area contributed by atoms with E-state index in [4.69, 9.17) is 9.52 Å². The maximum absolute atomic E-state index is 13.3. The van der Waals surface area contributed by atoms with Crippen molar-refractivity contribution >= 4 is 21.3 Å². The molecule has 2 aromatic carbocycles. The molecule has 3 aromatic rings. The quantitative estimate of drug-likeness (QED) is 0.647. The summed E-state index contributed by atoms with van der Waals surface area (Å²) in [4.78, 5) is 13.1. The van der Waals surface area contributed by atoms with Crippen LogP contribution in [0.25, 0.3) is 0 Å². The lowest BCUT2D eigenvalue weighted by molar-refractivity contribution is 0.102. The first-order chi connectivity index (χ1) is 13.6. The van der Waals surface area contributed by atoms with Gasteiger partial charge >= 0.3 is 0 Å². The maximum atomic E-state index is 13.3. The summed E-state index contributed by atoms with van der Waals surface area (Å²) in [5.41, 5.74) is 1.57. The molecular weight excluding hydrogens is 395 g/mol. The number of aromatic nitrogens is 2. The SMILES string of the molecule is Cc1cc(C(=O)Nc2cccc(S(C)(=N)=O)c2)c(Oc2ccc(F)cc2C)nn1. The Labute approximate surface area is 167 Å². The minimum atomic E-state index is -2.92. The number of benzene rings is 2. The fourth-order valence-corrected chi connectivity index (χ4v) is 3.25. The van der Waals surface area contributed by atoms with Gasteiger partial charge < -0.3 is 10.1 Å². The number of rotatable bonds is 5. The van der Waals surface area contributed by atoms with Crippen LogP contribution >= 0.6 is 0 Å². The molecule has 0 saturated heterocycles. The number of carbonyl (C=O) groups is 1. The van der Waals surface area contributed by atoms with Crippen LogP contribution in [0.2, 0.25) is 0 Å². The molecule has 3 rings (SSSR count). The zero-order chi connectivity index (χ0) is 21.2. The van der Waals surface area contributed by atoms with Gasteiger partial charge in [0.2, 0.25) is 0 Å². The average molecular weight is 414 g/mol. The normalized spacial score (nSPS) is 12.8. The van der Waals surface area contributed by atoms with Gasteiger partial charge in [-0.25, -0.2) is 13.4 Å². The largest absolute Gasteiger partial charge is 0.437 e. The van der Waals surface area contributed by atoms with Crippen LogP contribution in [-0.2, 0) is 9.73 Å². The van der Waals surface area contributed by atoms with Crippen molar-refractivity contribution in [2.45, 2.75) is 18.7 Å². The van der Waals surface area contributed by atoms with Gasteiger partial charge in [0, 0.05) is 16.8 Å². The van der Waals surface area contributed by atoms with Crippen molar-refractivity contribution in [3.63, 3.8) is 0 Å². The summed E-state index contributed by atoms with van der Waals surface area (Å²) in [5, 5.41) is 10.6. The lowest BCUT2D eigenvalue weighted by Crippen LogP contribution is -2.15. The van der Waals surface area contributed by atoms with Crippen LogP contribution in [0.4, 0.5) is 10.1 Å². The van der Waals surface area contributed by atoms with Crippen LogP contribution in [0.15, 0.2) is 53.4 Å². The number of halogens is 1. The lowest BCUT2D eigenvalue weighted by atomic mass is 10.2. The predicted molar refractivity (Wildman–Crippen MR) is 107 cm³/mol. The van der Waals surface area contributed by atoms with Crippen LogP contribution < -0.4 is 10.1 Å². The molecule has 0 spiro atoms. The van der Waals surface area contributed by atoms with Crippen molar-refractivity contribution in [2.24, 2.45) is 0 Å². The number of nitrogens with zero attached hydrogens (tertiary/aromatic N) is 2. The summed E-state index contributed by atoms with van der Waals surface area (Å²) >= 11 is 0. The molecule has 1 atom stereocenters. The number of carbonyl (C=O) groups excluding carboxylic acids is 1. The fourth-order valence-electron chi connectivity index (χ4n) is 2.56. The van der Waals surface area contributed by atoms with E-state index >= 15 is 0 Å². The summed E-state index contributed by atoms with van der Waals surface area (Å²) in [6.07, 6.45) is 1.31. The molecule has 0 aliphatic heterocycles. The first kappa shape index (κ1) is 20.4. The predicted octanol–water partition coefficient (Wildman–Crippen LogP) is 4.31. The Morgan fingerprint density at radius 1 is 1.14 bits per heavy atom. The fraction of sp³-hybridized carbons (Fsp3) is 0.150. The maximum Gasteiger partial charge on any atom is 0.261 e. The lowest BCUT2D eigenvalue weighted by Gasteiger charge is -2.12. The van der Waals surface area contributed by atoms with Crippen molar-refractivity contribution in [2.75, 3.05) is 11.6 Å². The highest BCUT2D eigenvalue weighted by atomic mass is 32.2. The van der Waals surface area contributed by atoms with E-state index in [-0.39, 0.29) is 11.4 Å². The van der Waals surface area contributed by atoms with Gasteiger partial charge in [0.05, 0.1) is 15.4 Å². The molecule has 9 heteroatoms. The summed E-state index contributed by atoms with van der Waals surface area (Å²) in [7, 11) is -2.92. The van der Waals surface area contributed by atoms with Crippen LogP contribution in [0, 0.1) is 24.4 Å². The van der Waals surface area contributed by atoms with E-state index in [0.29, 0.717) is 27.6 Å². The summed E-state index contributed by atoms with van der Waals surface area (Å²) < 4.78 is 38.7. The van der Waals surface area contributed by atoms with E-state index in [0.717, 1.165) is 0 Å². The Morgan fingerprint density at radius 2 is 1.90 bits per heavy atom. The number of anilines is 1. The van der Waals surface area contributed by atoms with Crippen LogP contribution in [-0.4, -0.2) is 26.6 Å². The molecule has 0 saturated carbocycles. The average Bonchev–Trinajstić information content (AvgIpc) is 2.64. The Kier molecular flexibility index (Phi) is 5.60. The van der Waals surface area contributed by atoms with Crippen LogP contribution in [0.3, 0.4) is 0 Å². The third-order valence-electron chi connectivity index (χ3n) is 4.01. The second-order valence-electron chi connectivity index (χ2n) is 6.54. The van der Waals surface area contributed by atoms with E-state index in [2.05, 4.69) is 15.5 Å². The number of nitrogens with one attached hydrogen (secondary N) is 2. The zero-order valence-electron chi connectivity index (χ0n) is 16.0. The van der Waals surface area contributed by atoms with Crippen molar-refractivity contribution in [3.05, 3.63) is 71.2 Å². The second-order valence-corrected chi connectivity index (χ2v) is 8.70. The van der Waals surface area contributed by atoms with Gasteiger partial charge in [-0.2, -0.15) is 5.10 Å². The Hall–Kier alpha value is -3.33. The van der Waals surface area contributed by atoms with E-state index in [1.54, 1.807) is 32.0 Å². The first-order valence-electron chi connectivity index (χ1n) is 8.57. The molecule has 2 N–H and O–H groups in total. The van der Waals surface area contributed by atoms with Crippen molar-refractivity contribution in [1.82, 2.24) is 10.2 Å². The van der Waals surface area contributed by atoms with Crippen LogP contribution in [0.5, 0.6) is 11.6 Å². The molecule has 7 nitrogen and oxygen atoms in total. The Bertz CT molecular complexity index is 1200. The molecule has 0 fully saturated rings.